The predicted octanol–water partition coefficient (Wildman–Crippen LogP) is 1.64. The Morgan fingerprint density at radius 2 is 2.10 bits per heavy atom. The molecular formula is C16H24N2O3. The van der Waals surface area contributed by atoms with E-state index < -0.39 is 0 Å². The molecule has 1 atom stereocenters. The van der Waals surface area contributed by atoms with E-state index in [9.17, 15) is 4.79 Å². The first-order valence-corrected chi connectivity index (χ1v) is 7.45. The number of hydrogen-bond donors (Lipinski definition) is 2. The van der Waals surface area contributed by atoms with Crippen LogP contribution in [-0.2, 0) is 9.53 Å². The minimum absolute atomic E-state index is 0.0908. The van der Waals surface area contributed by atoms with Gasteiger partial charge in [0.05, 0.1) is 19.3 Å². The molecule has 0 radical (unpaired) electrons. The summed E-state index contributed by atoms with van der Waals surface area (Å²) in [5.41, 5.74) is 0.968. The number of rotatable bonds is 6. The van der Waals surface area contributed by atoms with Gasteiger partial charge in [0.25, 0.3) is 0 Å². The summed E-state index contributed by atoms with van der Waals surface area (Å²) in [5, 5.41) is 6.23. The van der Waals surface area contributed by atoms with Crippen molar-refractivity contribution in [3.63, 3.8) is 0 Å². The summed E-state index contributed by atoms with van der Waals surface area (Å²) in [5.74, 6) is 0.691. The summed E-state index contributed by atoms with van der Waals surface area (Å²) < 4.78 is 11.0. The molecule has 5 heteroatoms. The van der Waals surface area contributed by atoms with Crippen molar-refractivity contribution in [1.29, 1.82) is 0 Å². The molecule has 21 heavy (non-hydrogen) atoms. The zero-order valence-corrected chi connectivity index (χ0v) is 12.7. The predicted molar refractivity (Wildman–Crippen MR) is 81.4 cm³/mol. The van der Waals surface area contributed by atoms with Gasteiger partial charge < -0.3 is 20.1 Å². The van der Waals surface area contributed by atoms with Crippen LogP contribution in [0.3, 0.4) is 0 Å². The Kier molecular flexibility index (Phi) is 6.02. The number of benzene rings is 1. The van der Waals surface area contributed by atoms with E-state index in [4.69, 9.17) is 9.47 Å². The number of para-hydroxylation sites is 1. The molecule has 0 aromatic heterocycles. The number of hydrogen-bond acceptors (Lipinski definition) is 4. The number of amides is 1. The smallest absolute Gasteiger partial charge is 0.246 e. The summed E-state index contributed by atoms with van der Waals surface area (Å²) in [6.45, 7) is 3.98. The van der Waals surface area contributed by atoms with Crippen LogP contribution in [0, 0.1) is 0 Å². The van der Waals surface area contributed by atoms with Gasteiger partial charge in [-0.25, -0.2) is 0 Å². The van der Waals surface area contributed by atoms with Gasteiger partial charge in [0, 0.05) is 5.56 Å². The van der Waals surface area contributed by atoms with Gasteiger partial charge >= 0.3 is 0 Å². The second kappa shape index (κ2) is 8.00. The number of carbonyl (C=O) groups is 1. The van der Waals surface area contributed by atoms with Crippen LogP contribution < -0.4 is 15.4 Å². The fraction of sp³-hybridized carbons (Fsp3) is 0.562. The lowest BCUT2D eigenvalue weighted by atomic mass is 10.1. The Balaban J connectivity index is 1.81. The molecule has 5 nitrogen and oxygen atoms in total. The largest absolute Gasteiger partial charge is 0.496 e. The van der Waals surface area contributed by atoms with Crippen molar-refractivity contribution < 1.29 is 14.3 Å². The van der Waals surface area contributed by atoms with Gasteiger partial charge in [-0.2, -0.15) is 0 Å². The quantitative estimate of drug-likeness (QED) is 0.837. The molecule has 0 unspecified atom stereocenters. The first kappa shape index (κ1) is 15.8. The van der Waals surface area contributed by atoms with Crippen LogP contribution in [0.15, 0.2) is 24.3 Å². The lowest BCUT2D eigenvalue weighted by Gasteiger charge is -2.23. The Morgan fingerprint density at radius 1 is 1.38 bits per heavy atom. The van der Waals surface area contributed by atoms with Crippen LogP contribution in [-0.4, -0.2) is 38.8 Å². The molecule has 1 aromatic carbocycles. The van der Waals surface area contributed by atoms with Crippen LogP contribution >= 0.6 is 0 Å². The molecular weight excluding hydrogens is 268 g/mol. The minimum Gasteiger partial charge on any atom is -0.496 e. The average Bonchev–Trinajstić information content (AvgIpc) is 2.53. The summed E-state index contributed by atoms with van der Waals surface area (Å²) >= 11 is 0. The van der Waals surface area contributed by atoms with Crippen LogP contribution in [0.25, 0.3) is 0 Å². The van der Waals surface area contributed by atoms with E-state index in [-0.39, 0.29) is 24.7 Å². The summed E-state index contributed by atoms with van der Waals surface area (Å²) in [7, 11) is 1.63. The number of piperidine rings is 1. The minimum atomic E-state index is -0.106. The topological polar surface area (TPSA) is 59.6 Å². The van der Waals surface area contributed by atoms with Crippen molar-refractivity contribution in [2.45, 2.75) is 31.9 Å². The third-order valence-electron chi connectivity index (χ3n) is 3.72. The fourth-order valence-corrected chi connectivity index (χ4v) is 2.54. The molecule has 1 aliphatic rings. The van der Waals surface area contributed by atoms with E-state index in [0.717, 1.165) is 37.2 Å². The Labute approximate surface area is 126 Å². The van der Waals surface area contributed by atoms with Crippen molar-refractivity contribution >= 4 is 5.91 Å². The van der Waals surface area contributed by atoms with Crippen molar-refractivity contribution in [3.05, 3.63) is 29.8 Å². The molecule has 1 aliphatic heterocycles. The maximum absolute atomic E-state index is 12.0. The van der Waals surface area contributed by atoms with Gasteiger partial charge in [-0.05, 0) is 38.9 Å². The number of ether oxygens (including phenoxy) is 2. The number of methoxy groups -OCH3 is 1. The van der Waals surface area contributed by atoms with Crippen LogP contribution in [0.4, 0.5) is 0 Å². The van der Waals surface area contributed by atoms with Crippen molar-refractivity contribution in [1.82, 2.24) is 10.6 Å². The monoisotopic (exact) mass is 292 g/mol. The average molecular weight is 292 g/mol. The standard InChI is InChI=1S/C16H24N2O3/c1-12(14-5-3-4-6-15(14)20-2)18-16(19)11-21-13-7-9-17-10-8-13/h3-6,12-13,17H,7-11H2,1-2H3,(H,18,19)/t12-/m1/s1. The highest BCUT2D eigenvalue weighted by atomic mass is 16.5. The zero-order valence-electron chi connectivity index (χ0n) is 12.7. The first-order chi connectivity index (χ1) is 10.2. The Morgan fingerprint density at radius 3 is 2.81 bits per heavy atom. The van der Waals surface area contributed by atoms with E-state index in [1.54, 1.807) is 7.11 Å². The van der Waals surface area contributed by atoms with E-state index >= 15 is 0 Å². The Hall–Kier alpha value is -1.59. The highest BCUT2D eigenvalue weighted by Crippen LogP contribution is 2.24. The Bertz CT molecular complexity index is 459. The summed E-state index contributed by atoms with van der Waals surface area (Å²) in [6, 6.07) is 7.59. The molecule has 116 valence electrons. The van der Waals surface area contributed by atoms with Gasteiger partial charge in [-0.15, -0.1) is 0 Å². The van der Waals surface area contributed by atoms with Crippen LogP contribution in [0.1, 0.15) is 31.4 Å². The maximum atomic E-state index is 12.0. The molecule has 0 bridgehead atoms. The van der Waals surface area contributed by atoms with Crippen LogP contribution in [0.2, 0.25) is 0 Å². The summed E-state index contributed by atoms with van der Waals surface area (Å²) in [6.07, 6.45) is 2.13. The second-order valence-electron chi connectivity index (χ2n) is 5.29. The lowest BCUT2D eigenvalue weighted by molar-refractivity contribution is -0.128. The van der Waals surface area contributed by atoms with Gasteiger partial charge in [0.1, 0.15) is 12.4 Å². The third kappa shape index (κ3) is 4.72. The molecule has 1 amide bonds. The normalized spacial score (nSPS) is 17.2. The van der Waals surface area contributed by atoms with Gasteiger partial charge in [0.2, 0.25) is 5.91 Å². The maximum Gasteiger partial charge on any atom is 0.246 e. The van der Waals surface area contributed by atoms with Gasteiger partial charge in [0.15, 0.2) is 0 Å². The van der Waals surface area contributed by atoms with Crippen molar-refractivity contribution in [3.8, 4) is 5.75 Å². The van der Waals surface area contributed by atoms with Gasteiger partial charge in [-0.1, -0.05) is 18.2 Å². The summed E-state index contributed by atoms with van der Waals surface area (Å²) in [4.78, 5) is 12.0. The molecule has 1 heterocycles. The van der Waals surface area contributed by atoms with E-state index in [1.165, 1.54) is 0 Å². The molecule has 1 aromatic rings. The van der Waals surface area contributed by atoms with E-state index in [1.807, 2.05) is 31.2 Å². The number of nitrogens with one attached hydrogen (secondary N) is 2. The molecule has 1 saturated heterocycles. The number of carbonyl (C=O) groups excluding carboxylic acids is 1. The second-order valence-corrected chi connectivity index (χ2v) is 5.29. The highest BCUT2D eigenvalue weighted by molar-refractivity contribution is 5.77. The van der Waals surface area contributed by atoms with Crippen LogP contribution in [0.5, 0.6) is 5.75 Å². The molecule has 0 spiro atoms. The van der Waals surface area contributed by atoms with Crippen molar-refractivity contribution in [2.24, 2.45) is 0 Å². The molecule has 2 N–H and O–H groups in total. The van der Waals surface area contributed by atoms with Crippen molar-refractivity contribution in [2.75, 3.05) is 26.8 Å². The molecule has 0 saturated carbocycles. The lowest BCUT2D eigenvalue weighted by Crippen LogP contribution is -2.36. The molecule has 0 aliphatic carbocycles. The molecule has 1 fully saturated rings. The third-order valence-corrected chi connectivity index (χ3v) is 3.72. The first-order valence-electron chi connectivity index (χ1n) is 7.45. The van der Waals surface area contributed by atoms with E-state index in [2.05, 4.69) is 10.6 Å². The fourth-order valence-electron chi connectivity index (χ4n) is 2.54. The van der Waals surface area contributed by atoms with E-state index in [0.29, 0.717) is 0 Å². The zero-order chi connectivity index (χ0) is 15.1. The van der Waals surface area contributed by atoms with Gasteiger partial charge in [-0.3, -0.25) is 4.79 Å². The SMILES string of the molecule is COc1ccccc1[C@@H](C)NC(=O)COC1CCNCC1. The molecule has 2 rings (SSSR count). The highest BCUT2D eigenvalue weighted by Gasteiger charge is 2.17.